The molecule has 10 heteroatoms. The first-order chi connectivity index (χ1) is 14.7. The van der Waals surface area contributed by atoms with Crippen LogP contribution in [0.1, 0.15) is 18.1 Å². The van der Waals surface area contributed by atoms with Crippen LogP contribution in [0, 0.1) is 16.6 Å². The Morgan fingerprint density at radius 2 is 1.94 bits per heavy atom. The molecule has 3 aromatic rings. The highest BCUT2D eigenvalue weighted by Crippen LogP contribution is 2.20. The Morgan fingerprint density at radius 3 is 2.58 bits per heavy atom. The molecule has 3 rings (SSSR count). The average molecular weight is 439 g/mol. The van der Waals surface area contributed by atoms with Crippen LogP contribution in [0.15, 0.2) is 53.7 Å². The van der Waals surface area contributed by atoms with Gasteiger partial charge in [-0.05, 0) is 37.3 Å². The molecule has 1 unspecified atom stereocenters. The standard InChI is InChI=1S/C21H22N6O3S/c1-14(13-28)25-20-16(4-3-15-9-10-23-19(29)11-15)12-24-21(27-20)26-17-5-7-18(8-6-17)31(2,22)30/h5-12,14,22,28H,13H2,1-2H3,(H,23,29)(H2,24,25,26,27)/t14-,31?/m1/s1. The molecule has 2 aromatic heterocycles. The second-order valence-electron chi connectivity index (χ2n) is 6.83. The molecule has 5 N–H and O–H groups in total. The number of aromatic hydroxyl groups is 1. The van der Waals surface area contributed by atoms with E-state index in [0.717, 1.165) is 0 Å². The molecule has 0 amide bonds. The summed E-state index contributed by atoms with van der Waals surface area (Å²) in [5.74, 6) is 6.50. The molecule has 2 atom stereocenters. The lowest BCUT2D eigenvalue weighted by Gasteiger charge is -2.14. The molecule has 0 aliphatic heterocycles. The molecular formula is C21H22N6O3S. The van der Waals surface area contributed by atoms with Crippen LogP contribution in [0.3, 0.4) is 0 Å². The highest BCUT2D eigenvalue weighted by atomic mass is 32.2. The van der Waals surface area contributed by atoms with Gasteiger partial charge in [0, 0.05) is 40.7 Å². The van der Waals surface area contributed by atoms with Gasteiger partial charge in [0.25, 0.3) is 0 Å². The monoisotopic (exact) mass is 438 g/mol. The fourth-order valence-corrected chi connectivity index (χ4v) is 3.14. The molecule has 0 bridgehead atoms. The Balaban J connectivity index is 1.88. The van der Waals surface area contributed by atoms with Gasteiger partial charge in [-0.3, -0.25) is 0 Å². The maximum atomic E-state index is 11.8. The summed E-state index contributed by atoms with van der Waals surface area (Å²) in [6, 6.07) is 9.49. The van der Waals surface area contributed by atoms with Crippen LogP contribution in [0.4, 0.5) is 17.5 Å². The zero-order valence-corrected chi connectivity index (χ0v) is 17.8. The average Bonchev–Trinajstić information content (AvgIpc) is 2.73. The van der Waals surface area contributed by atoms with Gasteiger partial charge in [-0.25, -0.2) is 19.0 Å². The van der Waals surface area contributed by atoms with E-state index >= 15 is 0 Å². The molecule has 0 aliphatic carbocycles. The number of anilines is 3. The van der Waals surface area contributed by atoms with Crippen LogP contribution in [-0.4, -0.2) is 48.3 Å². The molecule has 1 aromatic carbocycles. The molecule has 9 nitrogen and oxygen atoms in total. The predicted octanol–water partition coefficient (Wildman–Crippen LogP) is 2.55. The van der Waals surface area contributed by atoms with E-state index in [1.165, 1.54) is 18.5 Å². The third-order valence-corrected chi connectivity index (χ3v) is 5.26. The first-order valence-electron chi connectivity index (χ1n) is 9.27. The van der Waals surface area contributed by atoms with Gasteiger partial charge in [0.2, 0.25) is 11.8 Å². The molecule has 0 saturated carbocycles. The van der Waals surface area contributed by atoms with Crippen molar-refractivity contribution in [1.29, 1.82) is 4.78 Å². The molecule has 2 heterocycles. The fourth-order valence-electron chi connectivity index (χ4n) is 2.49. The number of hydrogen-bond donors (Lipinski definition) is 5. The minimum Gasteiger partial charge on any atom is -0.493 e. The largest absolute Gasteiger partial charge is 0.493 e. The topological polar surface area (TPSA) is 144 Å². The third-order valence-electron chi connectivity index (χ3n) is 4.09. The Morgan fingerprint density at radius 1 is 1.19 bits per heavy atom. The lowest BCUT2D eigenvalue weighted by atomic mass is 10.2. The van der Waals surface area contributed by atoms with Gasteiger partial charge in [-0.15, -0.1) is 0 Å². The highest BCUT2D eigenvalue weighted by Gasteiger charge is 2.10. The van der Waals surface area contributed by atoms with Gasteiger partial charge in [0.05, 0.1) is 28.1 Å². The van der Waals surface area contributed by atoms with Crippen LogP contribution in [0.5, 0.6) is 5.88 Å². The minimum atomic E-state index is -2.78. The molecule has 0 fully saturated rings. The molecule has 160 valence electrons. The summed E-state index contributed by atoms with van der Waals surface area (Å²) in [5, 5.41) is 25.0. The number of aliphatic hydroxyl groups is 1. The van der Waals surface area contributed by atoms with E-state index in [9.17, 15) is 14.4 Å². The van der Waals surface area contributed by atoms with Crippen LogP contribution in [0.2, 0.25) is 0 Å². The van der Waals surface area contributed by atoms with Crippen molar-refractivity contribution >= 4 is 27.2 Å². The number of aromatic nitrogens is 3. The molecule has 0 radical (unpaired) electrons. The lowest BCUT2D eigenvalue weighted by Crippen LogP contribution is -2.21. The Labute approximate surface area is 180 Å². The number of aliphatic hydroxyl groups excluding tert-OH is 1. The summed E-state index contributed by atoms with van der Waals surface area (Å²) >= 11 is 0. The van der Waals surface area contributed by atoms with E-state index in [2.05, 4.69) is 37.4 Å². The number of rotatable bonds is 6. The van der Waals surface area contributed by atoms with Crippen molar-refractivity contribution in [2.45, 2.75) is 17.9 Å². The van der Waals surface area contributed by atoms with Crippen molar-refractivity contribution in [2.24, 2.45) is 0 Å². The maximum absolute atomic E-state index is 11.8. The van der Waals surface area contributed by atoms with E-state index in [1.54, 1.807) is 43.5 Å². The summed E-state index contributed by atoms with van der Waals surface area (Å²) in [6.45, 7) is 1.71. The van der Waals surface area contributed by atoms with Gasteiger partial charge in [0.15, 0.2) is 0 Å². The Kier molecular flexibility index (Phi) is 6.69. The van der Waals surface area contributed by atoms with Crippen molar-refractivity contribution in [1.82, 2.24) is 15.0 Å². The van der Waals surface area contributed by atoms with Crippen LogP contribution >= 0.6 is 0 Å². The molecular weight excluding hydrogens is 416 g/mol. The first kappa shape index (κ1) is 22.0. The van der Waals surface area contributed by atoms with Crippen LogP contribution in [-0.2, 0) is 9.73 Å². The minimum absolute atomic E-state index is 0.0945. The van der Waals surface area contributed by atoms with E-state index in [0.29, 0.717) is 33.5 Å². The van der Waals surface area contributed by atoms with E-state index in [-0.39, 0.29) is 18.5 Å². The quantitative estimate of drug-likeness (QED) is 0.369. The summed E-state index contributed by atoms with van der Waals surface area (Å²) in [5.41, 5.74) is 1.76. The van der Waals surface area contributed by atoms with E-state index in [1.807, 2.05) is 0 Å². The normalized spacial score (nSPS) is 13.4. The van der Waals surface area contributed by atoms with Crippen molar-refractivity contribution in [3.8, 4) is 17.7 Å². The number of benzene rings is 1. The SMILES string of the molecule is C[C@H](CO)Nc1nc(Nc2ccc(S(C)(=N)=O)cc2)ncc1C#Cc1ccnc(O)c1. The second kappa shape index (κ2) is 9.42. The van der Waals surface area contributed by atoms with Crippen LogP contribution in [0.25, 0.3) is 0 Å². The van der Waals surface area contributed by atoms with Gasteiger partial charge >= 0.3 is 0 Å². The zero-order chi connectivity index (χ0) is 22.4. The maximum Gasteiger partial charge on any atom is 0.229 e. The van der Waals surface area contributed by atoms with Gasteiger partial charge in [-0.1, -0.05) is 11.8 Å². The highest BCUT2D eigenvalue weighted by molar-refractivity contribution is 7.91. The summed E-state index contributed by atoms with van der Waals surface area (Å²) < 4.78 is 19.5. The van der Waals surface area contributed by atoms with E-state index in [4.69, 9.17) is 4.78 Å². The zero-order valence-electron chi connectivity index (χ0n) is 17.0. The van der Waals surface area contributed by atoms with E-state index < -0.39 is 9.73 Å². The van der Waals surface area contributed by atoms with Crippen molar-refractivity contribution in [3.63, 3.8) is 0 Å². The summed E-state index contributed by atoms with van der Waals surface area (Å²) in [7, 11) is -2.78. The van der Waals surface area contributed by atoms with Gasteiger partial charge in [0.1, 0.15) is 5.82 Å². The fraction of sp³-hybridized carbons (Fsp3) is 0.190. The third kappa shape index (κ3) is 6.15. The van der Waals surface area contributed by atoms with Crippen molar-refractivity contribution < 1.29 is 14.4 Å². The van der Waals surface area contributed by atoms with Crippen molar-refractivity contribution in [2.75, 3.05) is 23.5 Å². The number of hydrogen-bond acceptors (Lipinski definition) is 9. The van der Waals surface area contributed by atoms with Gasteiger partial charge in [-0.2, -0.15) is 4.98 Å². The molecule has 0 aliphatic rings. The lowest BCUT2D eigenvalue weighted by molar-refractivity contribution is 0.281. The van der Waals surface area contributed by atoms with Gasteiger partial charge < -0.3 is 20.8 Å². The van der Waals surface area contributed by atoms with Crippen molar-refractivity contribution in [3.05, 3.63) is 59.9 Å². The number of pyridine rings is 1. The molecule has 0 saturated heterocycles. The predicted molar refractivity (Wildman–Crippen MR) is 119 cm³/mol. The molecule has 0 spiro atoms. The molecule has 31 heavy (non-hydrogen) atoms. The Bertz CT molecular complexity index is 1230. The summed E-state index contributed by atoms with van der Waals surface area (Å²) in [6.07, 6.45) is 4.37. The number of nitrogens with one attached hydrogen (secondary N) is 3. The number of nitrogens with zero attached hydrogens (tertiary/aromatic N) is 3. The first-order valence-corrected chi connectivity index (χ1v) is 11.2. The second-order valence-corrected chi connectivity index (χ2v) is 8.99. The van der Waals surface area contributed by atoms with Crippen LogP contribution < -0.4 is 10.6 Å². The smallest absolute Gasteiger partial charge is 0.229 e. The Hall–Kier alpha value is -3.68. The summed E-state index contributed by atoms with van der Waals surface area (Å²) in [4.78, 5) is 12.9.